The van der Waals surface area contributed by atoms with Gasteiger partial charge in [0.1, 0.15) is 11.5 Å². The van der Waals surface area contributed by atoms with E-state index in [-0.39, 0.29) is 11.5 Å². The van der Waals surface area contributed by atoms with Crippen LogP contribution >= 0.6 is 23.2 Å². The van der Waals surface area contributed by atoms with E-state index in [0.29, 0.717) is 21.8 Å². The van der Waals surface area contributed by atoms with Crippen molar-refractivity contribution in [1.82, 2.24) is 30.2 Å². The van der Waals surface area contributed by atoms with Crippen LogP contribution in [-0.4, -0.2) is 44.1 Å². The Kier molecular flexibility index (Phi) is 5.99. The summed E-state index contributed by atoms with van der Waals surface area (Å²) in [5, 5.41) is 10.7. The maximum atomic E-state index is 6.52. The fourth-order valence-electron chi connectivity index (χ4n) is 5.71. The maximum Gasteiger partial charge on any atom is 0.163 e. The average molecular weight is 559 g/mol. The number of anilines is 1. The quantitative estimate of drug-likeness (QED) is 0.211. The topological polar surface area (TPSA) is 91.4 Å². The lowest BCUT2D eigenvalue weighted by Gasteiger charge is -2.40. The highest BCUT2D eigenvalue weighted by Gasteiger charge is 2.34. The second kappa shape index (κ2) is 9.44. The number of hydrogen-bond donors (Lipinski definition) is 3. The number of benzene rings is 1. The first-order valence-corrected chi connectivity index (χ1v) is 14.2. The summed E-state index contributed by atoms with van der Waals surface area (Å²) >= 11 is 12.8. The Morgan fingerprint density at radius 1 is 1.00 bits per heavy atom. The van der Waals surface area contributed by atoms with Crippen LogP contribution in [0.25, 0.3) is 44.6 Å². The summed E-state index contributed by atoms with van der Waals surface area (Å²) in [6.45, 7) is 6.55. The number of H-pyrrole nitrogens is 1. The summed E-state index contributed by atoms with van der Waals surface area (Å²) < 4.78 is 0. The molecule has 2 fully saturated rings. The van der Waals surface area contributed by atoms with Crippen molar-refractivity contribution in [1.29, 1.82) is 0 Å². The highest BCUT2D eigenvalue weighted by Crippen LogP contribution is 2.45. The first kappa shape index (κ1) is 24.8. The number of hydrogen-bond acceptors (Lipinski definition) is 6. The smallest absolute Gasteiger partial charge is 0.163 e. The first-order valence-electron chi connectivity index (χ1n) is 13.4. The molecule has 0 unspecified atom stereocenters. The Labute approximate surface area is 236 Å². The van der Waals surface area contributed by atoms with E-state index < -0.39 is 0 Å². The zero-order valence-corrected chi connectivity index (χ0v) is 23.4. The second-order valence-electron chi connectivity index (χ2n) is 11.4. The third-order valence-corrected chi connectivity index (χ3v) is 8.65. The molecule has 0 bridgehead atoms. The van der Waals surface area contributed by atoms with Crippen LogP contribution in [0.1, 0.15) is 44.6 Å². The van der Waals surface area contributed by atoms with Crippen molar-refractivity contribution in [2.24, 2.45) is 5.41 Å². The van der Waals surface area contributed by atoms with E-state index in [2.05, 4.69) is 39.4 Å². The largest absolute Gasteiger partial charge is 0.366 e. The van der Waals surface area contributed by atoms with Crippen LogP contribution in [0, 0.1) is 5.41 Å². The summed E-state index contributed by atoms with van der Waals surface area (Å²) in [5.74, 6) is 2.05. The van der Waals surface area contributed by atoms with Gasteiger partial charge in [0.05, 0.1) is 11.7 Å². The van der Waals surface area contributed by atoms with Crippen LogP contribution in [0.3, 0.4) is 0 Å². The van der Waals surface area contributed by atoms with Crippen LogP contribution in [0.2, 0.25) is 10.0 Å². The molecule has 0 radical (unpaired) electrons. The zero-order chi connectivity index (χ0) is 26.7. The van der Waals surface area contributed by atoms with Crippen LogP contribution in [0.5, 0.6) is 0 Å². The van der Waals surface area contributed by atoms with E-state index in [1.54, 1.807) is 18.3 Å². The van der Waals surface area contributed by atoms with Gasteiger partial charge in [-0.3, -0.25) is 4.98 Å². The van der Waals surface area contributed by atoms with Crippen LogP contribution < -0.4 is 10.6 Å². The van der Waals surface area contributed by atoms with Gasteiger partial charge < -0.3 is 15.6 Å². The number of aromatic amines is 1. The number of piperidine rings is 1. The highest BCUT2D eigenvalue weighted by molar-refractivity contribution is 6.35. The molecule has 4 aromatic heterocycles. The van der Waals surface area contributed by atoms with E-state index in [1.807, 2.05) is 30.6 Å². The molecule has 0 spiro atoms. The molecule has 1 saturated carbocycles. The van der Waals surface area contributed by atoms with Gasteiger partial charge in [0.15, 0.2) is 5.82 Å². The molecule has 198 valence electrons. The molecular formula is C30H29Cl2N7. The molecule has 5 aromatic rings. The molecular weight excluding hydrogens is 529 g/mol. The number of nitrogens with one attached hydrogen (secondary N) is 3. The molecule has 2 aliphatic rings. The summed E-state index contributed by atoms with van der Waals surface area (Å²) in [7, 11) is 0. The van der Waals surface area contributed by atoms with Gasteiger partial charge in [0.25, 0.3) is 0 Å². The van der Waals surface area contributed by atoms with Crippen molar-refractivity contribution in [3.8, 4) is 22.6 Å². The number of halogens is 2. The van der Waals surface area contributed by atoms with Crippen LogP contribution in [0.15, 0.2) is 48.9 Å². The van der Waals surface area contributed by atoms with Crippen molar-refractivity contribution in [3.05, 3.63) is 64.5 Å². The monoisotopic (exact) mass is 557 g/mol. The molecule has 1 aliphatic heterocycles. The minimum atomic E-state index is 0.0815. The lowest BCUT2D eigenvalue weighted by molar-refractivity contribution is 0.236. The Bertz CT molecular complexity index is 1720. The molecule has 3 N–H and O–H groups in total. The lowest BCUT2D eigenvalue weighted by atomic mass is 9.80. The Hall–Kier alpha value is -3.26. The van der Waals surface area contributed by atoms with Gasteiger partial charge in [-0.15, -0.1) is 0 Å². The van der Waals surface area contributed by atoms with Gasteiger partial charge in [-0.2, -0.15) is 0 Å². The number of pyridine rings is 2. The number of fused-ring (bicyclic) bond motifs is 2. The number of rotatable bonds is 5. The maximum absolute atomic E-state index is 6.52. The Morgan fingerprint density at radius 3 is 2.69 bits per heavy atom. The van der Waals surface area contributed by atoms with Gasteiger partial charge >= 0.3 is 0 Å². The molecule has 1 aliphatic carbocycles. The number of nitrogens with zero attached hydrogens (tertiary/aromatic N) is 4. The van der Waals surface area contributed by atoms with E-state index in [9.17, 15) is 0 Å². The minimum absolute atomic E-state index is 0.0815. The molecule has 9 heteroatoms. The zero-order valence-electron chi connectivity index (χ0n) is 21.9. The predicted molar refractivity (Wildman–Crippen MR) is 159 cm³/mol. The minimum Gasteiger partial charge on any atom is -0.366 e. The Balaban J connectivity index is 1.40. The summed E-state index contributed by atoms with van der Waals surface area (Å²) in [4.78, 5) is 22.8. The second-order valence-corrected chi connectivity index (χ2v) is 12.2. The van der Waals surface area contributed by atoms with Crippen LogP contribution in [-0.2, 0) is 0 Å². The molecule has 1 aromatic carbocycles. The van der Waals surface area contributed by atoms with Gasteiger partial charge in [-0.1, -0.05) is 37.0 Å². The molecule has 7 nitrogen and oxygen atoms in total. The summed E-state index contributed by atoms with van der Waals surface area (Å²) in [5.41, 5.74) is 5.48. The predicted octanol–water partition coefficient (Wildman–Crippen LogP) is 7.22. The van der Waals surface area contributed by atoms with E-state index in [4.69, 9.17) is 33.2 Å². The Morgan fingerprint density at radius 2 is 1.87 bits per heavy atom. The van der Waals surface area contributed by atoms with Crippen molar-refractivity contribution in [2.45, 2.75) is 45.1 Å². The van der Waals surface area contributed by atoms with Crippen molar-refractivity contribution < 1.29 is 0 Å². The van der Waals surface area contributed by atoms with E-state index in [1.165, 1.54) is 18.4 Å². The van der Waals surface area contributed by atoms with Gasteiger partial charge in [0.2, 0.25) is 0 Å². The standard InChI is InChI=1S/C30H29Cl2N7/c1-30(2)15-33-9-8-25(30)38-29-26-21(16-3-4-16)13-34-14-24(26)37-28(39-29)18-7-10-35-27-19(18)12-23(36-27)20-11-17(31)5-6-22(20)32/h5-7,10-14,16,25,33H,3-4,8-9,15H2,1-2H3,(H,35,36)(H,37,38,39)/t25-/m1/s1. The highest BCUT2D eigenvalue weighted by atomic mass is 35.5. The fourth-order valence-corrected chi connectivity index (χ4v) is 6.10. The molecule has 1 saturated heterocycles. The fraction of sp³-hybridized carbons (Fsp3) is 0.333. The average Bonchev–Trinajstić information content (AvgIpc) is 3.68. The lowest BCUT2D eigenvalue weighted by Crippen LogP contribution is -2.49. The SMILES string of the molecule is CC1(C)CNCC[C@H]1Nc1nc(-c2ccnc3[nH]c(-c4cc(Cl)ccc4Cl)cc23)nc2cncc(C3CC3)c12. The third-order valence-electron chi connectivity index (χ3n) is 8.09. The van der Waals surface area contributed by atoms with Gasteiger partial charge in [-0.05, 0) is 73.0 Å². The normalized spacial score (nSPS) is 19.0. The summed E-state index contributed by atoms with van der Waals surface area (Å²) in [6, 6.07) is 9.74. The summed E-state index contributed by atoms with van der Waals surface area (Å²) in [6.07, 6.45) is 9.04. The molecule has 1 atom stereocenters. The molecule has 5 heterocycles. The van der Waals surface area contributed by atoms with E-state index >= 15 is 0 Å². The molecule has 0 amide bonds. The molecule has 7 rings (SSSR count). The molecule has 39 heavy (non-hydrogen) atoms. The number of aromatic nitrogens is 5. The van der Waals surface area contributed by atoms with Crippen molar-refractivity contribution >= 4 is 51.0 Å². The van der Waals surface area contributed by atoms with Crippen molar-refractivity contribution in [3.63, 3.8) is 0 Å². The van der Waals surface area contributed by atoms with Crippen LogP contribution in [0.4, 0.5) is 5.82 Å². The first-order chi connectivity index (χ1) is 18.9. The van der Waals surface area contributed by atoms with E-state index in [0.717, 1.165) is 64.1 Å². The van der Waals surface area contributed by atoms with Gasteiger partial charge in [-0.25, -0.2) is 15.0 Å². The third kappa shape index (κ3) is 4.52. The van der Waals surface area contributed by atoms with Gasteiger partial charge in [0, 0.05) is 62.6 Å². The van der Waals surface area contributed by atoms with Crippen molar-refractivity contribution in [2.75, 3.05) is 18.4 Å².